The molecule has 0 fully saturated rings. The summed E-state index contributed by atoms with van der Waals surface area (Å²) in [6, 6.07) is 4.30. The van der Waals surface area contributed by atoms with Gasteiger partial charge < -0.3 is 10.8 Å². The standard InChI is InChI=1S/C18H31NO/c1-12(11-19)8-13-9-14(17(2,3)4)16(20)15(10-13)18(5,6)7/h9-10,12,20H,8,11,19H2,1-7H3. The second-order valence-electron chi connectivity index (χ2n) is 8.08. The lowest BCUT2D eigenvalue weighted by Gasteiger charge is -2.28. The Morgan fingerprint density at radius 3 is 1.70 bits per heavy atom. The van der Waals surface area contributed by atoms with Gasteiger partial charge in [-0.15, -0.1) is 0 Å². The highest BCUT2D eigenvalue weighted by Crippen LogP contribution is 2.40. The number of nitrogens with two attached hydrogens (primary N) is 1. The molecule has 0 aliphatic rings. The Bertz CT molecular complexity index is 428. The maximum absolute atomic E-state index is 10.7. The molecule has 2 nitrogen and oxygen atoms in total. The van der Waals surface area contributed by atoms with E-state index in [-0.39, 0.29) is 10.8 Å². The van der Waals surface area contributed by atoms with Crippen molar-refractivity contribution >= 4 is 0 Å². The van der Waals surface area contributed by atoms with E-state index in [0.29, 0.717) is 18.2 Å². The van der Waals surface area contributed by atoms with Gasteiger partial charge in [0.2, 0.25) is 0 Å². The number of aromatic hydroxyl groups is 1. The molecule has 0 amide bonds. The van der Waals surface area contributed by atoms with Crippen LogP contribution in [0.25, 0.3) is 0 Å². The van der Waals surface area contributed by atoms with Crippen LogP contribution in [0.15, 0.2) is 12.1 Å². The lowest BCUT2D eigenvalue weighted by molar-refractivity contribution is 0.422. The molecule has 1 aromatic carbocycles. The zero-order valence-electron chi connectivity index (χ0n) is 14.2. The molecule has 20 heavy (non-hydrogen) atoms. The first-order valence-electron chi connectivity index (χ1n) is 7.53. The van der Waals surface area contributed by atoms with Gasteiger partial charge in [0.05, 0.1) is 0 Å². The Hall–Kier alpha value is -1.02. The fraction of sp³-hybridized carbons (Fsp3) is 0.667. The molecule has 0 bridgehead atoms. The van der Waals surface area contributed by atoms with Crippen molar-refractivity contribution in [2.45, 2.75) is 65.7 Å². The number of phenols is 1. The van der Waals surface area contributed by atoms with Crippen LogP contribution in [0.2, 0.25) is 0 Å². The predicted octanol–water partition coefficient (Wildman–Crippen LogP) is 4.12. The topological polar surface area (TPSA) is 46.2 Å². The quantitative estimate of drug-likeness (QED) is 0.873. The third kappa shape index (κ3) is 3.99. The Kier molecular flexibility index (Phi) is 4.91. The molecular formula is C18H31NO. The summed E-state index contributed by atoms with van der Waals surface area (Å²) in [5.41, 5.74) is 8.96. The molecule has 0 aromatic heterocycles. The zero-order valence-corrected chi connectivity index (χ0v) is 14.2. The zero-order chi connectivity index (χ0) is 15.7. The number of rotatable bonds is 3. The molecule has 0 aliphatic heterocycles. The number of phenolic OH excluding ortho intramolecular Hbond substituents is 1. The summed E-state index contributed by atoms with van der Waals surface area (Å²) in [7, 11) is 0. The summed E-state index contributed by atoms with van der Waals surface area (Å²) in [5, 5.41) is 10.7. The van der Waals surface area contributed by atoms with Gasteiger partial charge in [0.1, 0.15) is 5.75 Å². The Balaban J connectivity index is 3.42. The van der Waals surface area contributed by atoms with E-state index in [1.165, 1.54) is 5.56 Å². The van der Waals surface area contributed by atoms with E-state index in [4.69, 9.17) is 5.73 Å². The van der Waals surface area contributed by atoms with Crippen LogP contribution in [-0.4, -0.2) is 11.7 Å². The van der Waals surface area contributed by atoms with Crippen LogP contribution in [-0.2, 0) is 17.3 Å². The van der Waals surface area contributed by atoms with Crippen molar-refractivity contribution in [3.63, 3.8) is 0 Å². The van der Waals surface area contributed by atoms with Crippen molar-refractivity contribution in [3.05, 3.63) is 28.8 Å². The molecule has 3 N–H and O–H groups in total. The first-order valence-corrected chi connectivity index (χ1v) is 7.53. The van der Waals surface area contributed by atoms with Crippen molar-refractivity contribution in [2.24, 2.45) is 11.7 Å². The molecule has 0 radical (unpaired) electrons. The average Bonchev–Trinajstić information content (AvgIpc) is 2.28. The average molecular weight is 277 g/mol. The molecule has 1 unspecified atom stereocenters. The van der Waals surface area contributed by atoms with E-state index in [2.05, 4.69) is 60.6 Å². The molecule has 0 saturated carbocycles. The van der Waals surface area contributed by atoms with Crippen LogP contribution in [0.1, 0.15) is 65.2 Å². The maximum atomic E-state index is 10.7. The Labute approximate surface area is 124 Å². The van der Waals surface area contributed by atoms with Gasteiger partial charge in [0.25, 0.3) is 0 Å². The SMILES string of the molecule is CC(CN)Cc1cc(C(C)(C)C)c(O)c(C(C)(C)C)c1. The van der Waals surface area contributed by atoms with Crippen molar-refractivity contribution < 1.29 is 5.11 Å². The van der Waals surface area contributed by atoms with E-state index in [1.54, 1.807) is 0 Å². The highest BCUT2D eigenvalue weighted by molar-refractivity contribution is 5.50. The Morgan fingerprint density at radius 2 is 1.40 bits per heavy atom. The lowest BCUT2D eigenvalue weighted by Crippen LogP contribution is -2.19. The fourth-order valence-corrected chi connectivity index (χ4v) is 2.44. The second-order valence-corrected chi connectivity index (χ2v) is 8.08. The monoisotopic (exact) mass is 277 g/mol. The summed E-state index contributed by atoms with van der Waals surface area (Å²) in [6.07, 6.45) is 0.961. The van der Waals surface area contributed by atoms with Gasteiger partial charge >= 0.3 is 0 Å². The minimum Gasteiger partial charge on any atom is -0.507 e. The molecule has 2 heteroatoms. The molecule has 1 rings (SSSR count). The van der Waals surface area contributed by atoms with Gasteiger partial charge in [0, 0.05) is 0 Å². The van der Waals surface area contributed by atoms with Crippen molar-refractivity contribution in [1.29, 1.82) is 0 Å². The van der Waals surface area contributed by atoms with E-state index < -0.39 is 0 Å². The highest BCUT2D eigenvalue weighted by Gasteiger charge is 2.26. The first kappa shape index (κ1) is 17.0. The molecule has 0 spiro atoms. The van der Waals surface area contributed by atoms with E-state index in [9.17, 15) is 5.11 Å². The molecule has 0 aliphatic carbocycles. The molecular weight excluding hydrogens is 246 g/mol. The second kappa shape index (κ2) is 5.77. The van der Waals surface area contributed by atoms with Crippen LogP contribution < -0.4 is 5.73 Å². The van der Waals surface area contributed by atoms with E-state index >= 15 is 0 Å². The highest BCUT2D eigenvalue weighted by atomic mass is 16.3. The normalized spacial score (nSPS) is 14.4. The summed E-state index contributed by atoms with van der Waals surface area (Å²) in [6.45, 7) is 15.7. The maximum Gasteiger partial charge on any atom is 0.123 e. The molecule has 0 heterocycles. The van der Waals surface area contributed by atoms with Gasteiger partial charge in [0.15, 0.2) is 0 Å². The van der Waals surface area contributed by atoms with Crippen molar-refractivity contribution in [1.82, 2.24) is 0 Å². The third-order valence-corrected chi connectivity index (χ3v) is 3.77. The Morgan fingerprint density at radius 1 is 1.00 bits per heavy atom. The minimum atomic E-state index is -0.0634. The van der Waals surface area contributed by atoms with Gasteiger partial charge in [-0.1, -0.05) is 60.6 Å². The van der Waals surface area contributed by atoms with Gasteiger partial charge in [-0.3, -0.25) is 0 Å². The fourth-order valence-electron chi connectivity index (χ4n) is 2.44. The summed E-state index contributed by atoms with van der Waals surface area (Å²) >= 11 is 0. The third-order valence-electron chi connectivity index (χ3n) is 3.77. The molecule has 0 saturated heterocycles. The van der Waals surface area contributed by atoms with Crippen LogP contribution in [0.5, 0.6) is 5.75 Å². The van der Waals surface area contributed by atoms with E-state index in [1.807, 2.05) is 0 Å². The van der Waals surface area contributed by atoms with Crippen LogP contribution in [0, 0.1) is 5.92 Å². The van der Waals surface area contributed by atoms with Crippen LogP contribution in [0.4, 0.5) is 0 Å². The number of hydrogen-bond donors (Lipinski definition) is 2. The molecule has 1 aromatic rings. The predicted molar refractivity (Wildman–Crippen MR) is 87.4 cm³/mol. The summed E-state index contributed by atoms with van der Waals surface area (Å²) < 4.78 is 0. The van der Waals surface area contributed by atoms with Gasteiger partial charge in [-0.05, 0) is 46.4 Å². The largest absolute Gasteiger partial charge is 0.507 e. The summed E-state index contributed by atoms with van der Waals surface area (Å²) in [5.74, 6) is 0.911. The van der Waals surface area contributed by atoms with Crippen molar-refractivity contribution in [3.8, 4) is 5.75 Å². The molecule has 1 atom stereocenters. The molecule has 114 valence electrons. The lowest BCUT2D eigenvalue weighted by atomic mass is 9.77. The van der Waals surface area contributed by atoms with Gasteiger partial charge in [-0.25, -0.2) is 0 Å². The van der Waals surface area contributed by atoms with E-state index in [0.717, 1.165) is 17.5 Å². The minimum absolute atomic E-state index is 0.0634. The number of hydrogen-bond acceptors (Lipinski definition) is 2. The van der Waals surface area contributed by atoms with Crippen LogP contribution in [0.3, 0.4) is 0 Å². The summed E-state index contributed by atoms with van der Waals surface area (Å²) in [4.78, 5) is 0. The van der Waals surface area contributed by atoms with Gasteiger partial charge in [-0.2, -0.15) is 0 Å². The van der Waals surface area contributed by atoms with Crippen LogP contribution >= 0.6 is 0 Å². The number of benzene rings is 1. The smallest absolute Gasteiger partial charge is 0.123 e. The van der Waals surface area contributed by atoms with Crippen molar-refractivity contribution in [2.75, 3.05) is 6.54 Å². The first-order chi connectivity index (χ1) is 8.96.